The average molecular weight is 312 g/mol. The number of hydrogen-bond donors (Lipinski definition) is 1. The van der Waals surface area contributed by atoms with E-state index in [0.717, 1.165) is 25.1 Å². The van der Waals surface area contributed by atoms with Gasteiger partial charge < -0.3 is 5.32 Å². The lowest BCUT2D eigenvalue weighted by Crippen LogP contribution is -2.17. The number of thiazole rings is 1. The Morgan fingerprint density at radius 2 is 2.00 bits per heavy atom. The summed E-state index contributed by atoms with van der Waals surface area (Å²) < 4.78 is 38.6. The highest BCUT2D eigenvalue weighted by Crippen LogP contribution is 2.35. The molecule has 0 saturated heterocycles. The van der Waals surface area contributed by atoms with Gasteiger partial charge in [-0.2, -0.15) is 24.9 Å². The fourth-order valence-corrected chi connectivity index (χ4v) is 3.50. The molecule has 0 bridgehead atoms. The number of nitrogens with zero attached hydrogens (tertiary/aromatic N) is 1. The maximum absolute atomic E-state index is 12.9. The first-order valence-corrected chi connectivity index (χ1v) is 8.30. The van der Waals surface area contributed by atoms with Crippen LogP contribution in [-0.4, -0.2) is 17.3 Å². The summed E-state index contributed by atoms with van der Waals surface area (Å²) in [5.74, 6) is 1.51. The third-order valence-corrected chi connectivity index (χ3v) is 4.71. The molecule has 0 amide bonds. The minimum Gasteiger partial charge on any atom is -0.312 e. The summed E-state index contributed by atoms with van der Waals surface area (Å²) in [6.45, 7) is 5.00. The van der Waals surface area contributed by atoms with Crippen LogP contribution >= 0.6 is 23.1 Å². The Hall–Kier alpha value is -0.270. The normalized spacial score (nSPS) is 12.1. The summed E-state index contributed by atoms with van der Waals surface area (Å²) in [6, 6.07) is 0. The van der Waals surface area contributed by atoms with Crippen molar-refractivity contribution in [3.63, 3.8) is 0 Å². The zero-order valence-electron chi connectivity index (χ0n) is 11.1. The van der Waals surface area contributed by atoms with Crippen LogP contribution in [0.15, 0.2) is 0 Å². The van der Waals surface area contributed by atoms with Crippen LogP contribution < -0.4 is 5.32 Å². The zero-order valence-corrected chi connectivity index (χ0v) is 12.8. The molecule has 0 atom stereocenters. The van der Waals surface area contributed by atoms with E-state index in [1.807, 2.05) is 6.92 Å². The Bertz CT molecular complexity index is 378. The van der Waals surface area contributed by atoms with Crippen molar-refractivity contribution in [1.82, 2.24) is 10.3 Å². The van der Waals surface area contributed by atoms with E-state index in [1.54, 1.807) is 11.8 Å². The number of alkyl halides is 3. The smallest absolute Gasteiger partial charge is 0.312 e. The van der Waals surface area contributed by atoms with E-state index >= 15 is 0 Å². The minimum absolute atomic E-state index is 0.249. The fraction of sp³-hybridized carbons (Fsp3) is 0.750. The number of rotatable bonds is 8. The summed E-state index contributed by atoms with van der Waals surface area (Å²) in [7, 11) is 0. The molecule has 1 aromatic heterocycles. The molecule has 0 aliphatic carbocycles. The highest BCUT2D eigenvalue weighted by molar-refractivity contribution is 7.98. The molecule has 110 valence electrons. The van der Waals surface area contributed by atoms with Gasteiger partial charge >= 0.3 is 6.18 Å². The first kappa shape index (κ1) is 16.8. The highest BCUT2D eigenvalue weighted by Gasteiger charge is 2.37. The SMILES string of the molecule is CCCNCc1sc(CSCCC)nc1C(F)(F)F. The summed E-state index contributed by atoms with van der Waals surface area (Å²) in [5, 5.41) is 3.58. The van der Waals surface area contributed by atoms with Gasteiger partial charge in [0, 0.05) is 12.3 Å². The minimum atomic E-state index is -4.35. The Morgan fingerprint density at radius 3 is 2.58 bits per heavy atom. The number of halogens is 3. The van der Waals surface area contributed by atoms with Crippen molar-refractivity contribution in [3.8, 4) is 0 Å². The third-order valence-electron chi connectivity index (χ3n) is 2.30. The van der Waals surface area contributed by atoms with Gasteiger partial charge in [-0.05, 0) is 25.1 Å². The lowest BCUT2D eigenvalue weighted by Gasteiger charge is -2.06. The lowest BCUT2D eigenvalue weighted by atomic mass is 10.3. The van der Waals surface area contributed by atoms with E-state index in [0.29, 0.717) is 15.6 Å². The second kappa shape index (κ2) is 8.11. The van der Waals surface area contributed by atoms with Gasteiger partial charge in [0.05, 0.1) is 4.88 Å². The van der Waals surface area contributed by atoms with Crippen molar-refractivity contribution in [2.24, 2.45) is 0 Å². The van der Waals surface area contributed by atoms with Crippen LogP contribution in [0.4, 0.5) is 13.2 Å². The molecule has 0 radical (unpaired) electrons. The van der Waals surface area contributed by atoms with Gasteiger partial charge in [-0.3, -0.25) is 0 Å². The fourth-order valence-electron chi connectivity index (χ4n) is 1.49. The third kappa shape index (κ3) is 5.71. The molecule has 0 aliphatic rings. The second-order valence-electron chi connectivity index (χ2n) is 4.11. The molecule has 0 unspecified atom stereocenters. The van der Waals surface area contributed by atoms with Crippen molar-refractivity contribution in [1.29, 1.82) is 0 Å². The number of hydrogen-bond acceptors (Lipinski definition) is 4. The Kier molecular flexibility index (Phi) is 7.17. The molecule has 0 aliphatic heterocycles. The number of nitrogens with one attached hydrogen (secondary N) is 1. The molecule has 19 heavy (non-hydrogen) atoms. The molecule has 1 aromatic rings. The lowest BCUT2D eigenvalue weighted by molar-refractivity contribution is -0.141. The zero-order chi connectivity index (χ0) is 14.3. The molecule has 1 rings (SSSR count). The van der Waals surface area contributed by atoms with Crippen LogP contribution in [0.1, 0.15) is 42.3 Å². The second-order valence-corrected chi connectivity index (χ2v) is 6.38. The molecule has 2 nitrogen and oxygen atoms in total. The van der Waals surface area contributed by atoms with Crippen molar-refractivity contribution < 1.29 is 13.2 Å². The number of thioether (sulfide) groups is 1. The van der Waals surface area contributed by atoms with Gasteiger partial charge in [-0.15, -0.1) is 11.3 Å². The quantitative estimate of drug-likeness (QED) is 0.724. The van der Waals surface area contributed by atoms with Crippen LogP contribution in [0, 0.1) is 0 Å². The molecule has 0 spiro atoms. The summed E-state index contributed by atoms with van der Waals surface area (Å²) in [5.41, 5.74) is -0.715. The largest absolute Gasteiger partial charge is 0.434 e. The molecule has 0 aromatic carbocycles. The predicted octanol–water partition coefficient (Wildman–Crippen LogP) is 4.30. The van der Waals surface area contributed by atoms with E-state index in [2.05, 4.69) is 17.2 Å². The van der Waals surface area contributed by atoms with Gasteiger partial charge in [-0.1, -0.05) is 13.8 Å². The van der Waals surface area contributed by atoms with Gasteiger partial charge in [0.2, 0.25) is 0 Å². The molecule has 0 saturated carbocycles. The average Bonchev–Trinajstić information content (AvgIpc) is 2.73. The monoisotopic (exact) mass is 312 g/mol. The topological polar surface area (TPSA) is 24.9 Å². The first-order chi connectivity index (χ1) is 8.99. The predicted molar refractivity (Wildman–Crippen MR) is 75.6 cm³/mol. The summed E-state index contributed by atoms with van der Waals surface area (Å²) in [4.78, 5) is 4.06. The van der Waals surface area contributed by atoms with Crippen LogP contribution in [0.2, 0.25) is 0 Å². The molecule has 0 fully saturated rings. The van der Waals surface area contributed by atoms with E-state index in [9.17, 15) is 13.2 Å². The van der Waals surface area contributed by atoms with Gasteiger partial charge in [0.15, 0.2) is 5.69 Å². The maximum atomic E-state index is 12.9. The van der Waals surface area contributed by atoms with E-state index in [4.69, 9.17) is 0 Å². The Labute approximate surface area is 120 Å². The van der Waals surface area contributed by atoms with E-state index in [-0.39, 0.29) is 6.54 Å². The standard InChI is InChI=1S/C12H19F3N2S2/c1-3-5-16-7-9-11(12(13,14)15)17-10(19-9)8-18-6-4-2/h16H,3-8H2,1-2H3. The molecular weight excluding hydrogens is 293 g/mol. The van der Waals surface area contributed by atoms with Crippen molar-refractivity contribution in [2.45, 2.75) is 45.2 Å². The van der Waals surface area contributed by atoms with E-state index < -0.39 is 11.9 Å². The van der Waals surface area contributed by atoms with Gasteiger partial charge in [0.25, 0.3) is 0 Å². The summed E-state index contributed by atoms with van der Waals surface area (Å²) >= 11 is 2.80. The molecule has 1 N–H and O–H groups in total. The molecular formula is C12H19F3N2S2. The molecule has 7 heteroatoms. The first-order valence-electron chi connectivity index (χ1n) is 6.33. The Morgan fingerprint density at radius 1 is 1.26 bits per heavy atom. The molecule has 1 heterocycles. The van der Waals surface area contributed by atoms with Gasteiger partial charge in [0.1, 0.15) is 5.01 Å². The Balaban J connectivity index is 2.74. The van der Waals surface area contributed by atoms with Crippen LogP contribution in [-0.2, 0) is 18.5 Å². The van der Waals surface area contributed by atoms with Crippen molar-refractivity contribution >= 4 is 23.1 Å². The van der Waals surface area contributed by atoms with Crippen molar-refractivity contribution in [2.75, 3.05) is 12.3 Å². The van der Waals surface area contributed by atoms with Crippen molar-refractivity contribution in [3.05, 3.63) is 15.6 Å². The van der Waals surface area contributed by atoms with Crippen LogP contribution in [0.5, 0.6) is 0 Å². The van der Waals surface area contributed by atoms with Crippen LogP contribution in [0.25, 0.3) is 0 Å². The van der Waals surface area contributed by atoms with Crippen LogP contribution in [0.3, 0.4) is 0 Å². The van der Waals surface area contributed by atoms with Gasteiger partial charge in [-0.25, -0.2) is 4.98 Å². The highest BCUT2D eigenvalue weighted by atomic mass is 32.2. The number of aromatic nitrogens is 1. The van der Waals surface area contributed by atoms with E-state index in [1.165, 1.54) is 11.3 Å². The maximum Gasteiger partial charge on any atom is 0.434 e. The summed E-state index contributed by atoms with van der Waals surface area (Å²) in [6.07, 6.45) is -2.43.